The summed E-state index contributed by atoms with van der Waals surface area (Å²) in [5, 5.41) is 4.27. The van der Waals surface area contributed by atoms with E-state index in [0.717, 1.165) is 17.7 Å². The third kappa shape index (κ3) is 4.79. The van der Waals surface area contributed by atoms with Crippen molar-refractivity contribution in [2.75, 3.05) is 0 Å². The Bertz CT molecular complexity index is 624. The van der Waals surface area contributed by atoms with Crippen LogP contribution in [0.4, 0.5) is 13.2 Å². The Hall–Kier alpha value is -2.01. The van der Waals surface area contributed by atoms with Crippen LogP contribution in [0.25, 0.3) is 0 Å². The third-order valence-corrected chi connectivity index (χ3v) is 2.89. The molecule has 0 aromatic heterocycles. The van der Waals surface area contributed by atoms with Gasteiger partial charge in [-0.25, -0.2) is 0 Å². The molecule has 6 heteroatoms. The number of nitrogens with zero attached hydrogens (tertiary/aromatic N) is 1. The topological polar surface area (TPSA) is 21.6 Å². The normalized spacial score (nSPS) is 11.8. The second-order valence-corrected chi connectivity index (χ2v) is 4.69. The number of alkyl halides is 3. The Morgan fingerprint density at radius 1 is 1.10 bits per heavy atom. The third-order valence-electron chi connectivity index (χ3n) is 2.63. The molecule has 2 nitrogen and oxygen atoms in total. The smallest absolute Gasteiger partial charge is 0.391 e. The quantitative estimate of drug-likeness (QED) is 0.580. The maximum absolute atomic E-state index is 12.5. The summed E-state index contributed by atoms with van der Waals surface area (Å²) in [5.41, 5.74) is 0.464. The molecular weight excluding hydrogens is 303 g/mol. The molecule has 0 aliphatic rings. The number of halogens is 4. The van der Waals surface area contributed by atoms with Gasteiger partial charge >= 0.3 is 6.18 Å². The molecule has 0 saturated carbocycles. The molecule has 0 N–H and O–H groups in total. The number of hydrogen-bond donors (Lipinski definition) is 0. The summed E-state index contributed by atoms with van der Waals surface area (Å²) in [7, 11) is 0. The van der Waals surface area contributed by atoms with E-state index in [4.69, 9.17) is 16.4 Å². The van der Waals surface area contributed by atoms with E-state index in [0.29, 0.717) is 10.6 Å². The fraction of sp³-hybridized carbons (Fsp3) is 0.133. The average Bonchev–Trinajstić information content (AvgIpc) is 2.45. The van der Waals surface area contributed by atoms with Gasteiger partial charge in [0.05, 0.1) is 11.8 Å². The maximum atomic E-state index is 12.5. The van der Waals surface area contributed by atoms with Gasteiger partial charge in [-0.2, -0.15) is 13.2 Å². The largest absolute Gasteiger partial charge is 0.416 e. The highest BCUT2D eigenvalue weighted by atomic mass is 35.5. The molecule has 0 amide bonds. The summed E-state index contributed by atoms with van der Waals surface area (Å²) < 4.78 is 37.6. The van der Waals surface area contributed by atoms with Gasteiger partial charge in [0.2, 0.25) is 0 Å². The van der Waals surface area contributed by atoms with Crippen LogP contribution < -0.4 is 0 Å². The summed E-state index contributed by atoms with van der Waals surface area (Å²) in [6.45, 7) is 0.215. The molecular formula is C15H11ClF3NO. The van der Waals surface area contributed by atoms with Crippen LogP contribution >= 0.6 is 11.6 Å². The number of rotatable bonds is 4. The molecule has 0 unspecified atom stereocenters. The molecule has 2 rings (SSSR count). The second-order valence-electron chi connectivity index (χ2n) is 4.26. The van der Waals surface area contributed by atoms with Crippen LogP contribution in [0.3, 0.4) is 0 Å². The van der Waals surface area contributed by atoms with Crippen LogP contribution in [-0.2, 0) is 17.6 Å². The van der Waals surface area contributed by atoms with Crippen molar-refractivity contribution in [3.8, 4) is 0 Å². The van der Waals surface area contributed by atoms with E-state index in [2.05, 4.69) is 5.16 Å². The van der Waals surface area contributed by atoms with Gasteiger partial charge in [-0.3, -0.25) is 0 Å². The van der Waals surface area contributed by atoms with E-state index in [1.54, 1.807) is 24.3 Å². The predicted octanol–water partition coefficient (Wildman–Crippen LogP) is 4.91. The zero-order valence-electron chi connectivity index (χ0n) is 10.8. The summed E-state index contributed by atoms with van der Waals surface area (Å²) >= 11 is 5.74. The second kappa shape index (κ2) is 6.63. The standard InChI is InChI=1S/C15H11ClF3NO/c16-14-6-4-11(5-7-14)10-21-20-9-12-2-1-3-13(8-12)15(17,18)19/h1-9H,10H2. The van der Waals surface area contributed by atoms with E-state index in [1.165, 1.54) is 18.3 Å². The van der Waals surface area contributed by atoms with Gasteiger partial charge in [0, 0.05) is 5.02 Å². The first-order chi connectivity index (χ1) is 9.95. The minimum Gasteiger partial charge on any atom is -0.391 e. The summed E-state index contributed by atoms with van der Waals surface area (Å²) in [6.07, 6.45) is -3.13. The molecule has 0 bridgehead atoms. The lowest BCUT2D eigenvalue weighted by atomic mass is 10.1. The van der Waals surface area contributed by atoms with Crippen LogP contribution in [0.15, 0.2) is 53.7 Å². The van der Waals surface area contributed by atoms with Crippen molar-refractivity contribution in [2.45, 2.75) is 12.8 Å². The maximum Gasteiger partial charge on any atom is 0.416 e. The van der Waals surface area contributed by atoms with Crippen molar-refractivity contribution >= 4 is 17.8 Å². The lowest BCUT2D eigenvalue weighted by molar-refractivity contribution is -0.137. The van der Waals surface area contributed by atoms with Crippen molar-refractivity contribution in [1.29, 1.82) is 0 Å². The van der Waals surface area contributed by atoms with E-state index in [1.807, 2.05) is 0 Å². The monoisotopic (exact) mass is 313 g/mol. The van der Waals surface area contributed by atoms with Gasteiger partial charge in [0.15, 0.2) is 0 Å². The highest BCUT2D eigenvalue weighted by Crippen LogP contribution is 2.29. The van der Waals surface area contributed by atoms with Crippen molar-refractivity contribution in [3.05, 3.63) is 70.2 Å². The molecule has 0 heterocycles. The summed E-state index contributed by atoms with van der Waals surface area (Å²) in [6, 6.07) is 11.9. The lowest BCUT2D eigenvalue weighted by Crippen LogP contribution is -2.05. The van der Waals surface area contributed by atoms with E-state index >= 15 is 0 Å². The molecule has 110 valence electrons. The molecule has 21 heavy (non-hydrogen) atoms. The Morgan fingerprint density at radius 3 is 2.48 bits per heavy atom. The number of hydrogen-bond acceptors (Lipinski definition) is 2. The first kappa shape index (κ1) is 15.4. The molecule has 0 saturated heterocycles. The molecule has 0 fully saturated rings. The Balaban J connectivity index is 1.94. The fourth-order valence-electron chi connectivity index (χ4n) is 1.59. The molecule has 0 spiro atoms. The summed E-state index contributed by atoms with van der Waals surface area (Å²) in [4.78, 5) is 5.03. The predicted molar refractivity (Wildman–Crippen MR) is 75.3 cm³/mol. The van der Waals surface area contributed by atoms with E-state index < -0.39 is 11.7 Å². The first-order valence-electron chi connectivity index (χ1n) is 6.02. The highest BCUT2D eigenvalue weighted by molar-refractivity contribution is 6.30. The van der Waals surface area contributed by atoms with Gasteiger partial charge in [-0.05, 0) is 35.4 Å². The zero-order chi connectivity index (χ0) is 15.3. The lowest BCUT2D eigenvalue weighted by Gasteiger charge is -2.06. The van der Waals surface area contributed by atoms with Gasteiger partial charge < -0.3 is 4.84 Å². The first-order valence-corrected chi connectivity index (χ1v) is 6.40. The van der Waals surface area contributed by atoms with Crippen LogP contribution in [0.2, 0.25) is 5.02 Å². The van der Waals surface area contributed by atoms with Crippen LogP contribution in [0, 0.1) is 0 Å². The van der Waals surface area contributed by atoms with Crippen molar-refractivity contribution < 1.29 is 18.0 Å². The van der Waals surface area contributed by atoms with Gasteiger partial charge in [-0.15, -0.1) is 0 Å². The molecule has 0 aliphatic heterocycles. The number of benzene rings is 2. The van der Waals surface area contributed by atoms with Crippen molar-refractivity contribution in [1.82, 2.24) is 0 Å². The Labute approximate surface area is 124 Å². The van der Waals surface area contributed by atoms with E-state index in [9.17, 15) is 13.2 Å². The fourth-order valence-corrected chi connectivity index (χ4v) is 1.71. The van der Waals surface area contributed by atoms with Gasteiger partial charge in [-0.1, -0.05) is 41.0 Å². The summed E-state index contributed by atoms with van der Waals surface area (Å²) in [5.74, 6) is 0. The van der Waals surface area contributed by atoms with Crippen LogP contribution in [0.1, 0.15) is 16.7 Å². The SMILES string of the molecule is FC(F)(F)c1cccc(C=NOCc2ccc(Cl)cc2)c1. The minimum atomic E-state index is -4.37. The van der Waals surface area contributed by atoms with E-state index in [-0.39, 0.29) is 6.61 Å². The zero-order valence-corrected chi connectivity index (χ0v) is 11.5. The average molecular weight is 314 g/mol. The Kier molecular flexibility index (Phi) is 4.85. The van der Waals surface area contributed by atoms with Crippen molar-refractivity contribution in [2.24, 2.45) is 5.16 Å². The van der Waals surface area contributed by atoms with Gasteiger partial charge in [0.1, 0.15) is 6.61 Å². The van der Waals surface area contributed by atoms with Crippen LogP contribution in [0.5, 0.6) is 0 Å². The van der Waals surface area contributed by atoms with Gasteiger partial charge in [0.25, 0.3) is 0 Å². The Morgan fingerprint density at radius 2 is 1.81 bits per heavy atom. The molecule has 2 aromatic carbocycles. The van der Waals surface area contributed by atoms with Crippen LogP contribution in [-0.4, -0.2) is 6.21 Å². The molecule has 0 aliphatic carbocycles. The number of oxime groups is 1. The molecule has 0 atom stereocenters. The highest BCUT2D eigenvalue weighted by Gasteiger charge is 2.30. The van der Waals surface area contributed by atoms with Crippen molar-refractivity contribution in [3.63, 3.8) is 0 Å². The molecule has 2 aromatic rings. The molecule has 0 radical (unpaired) electrons. The minimum absolute atomic E-state index is 0.215.